The second-order valence-corrected chi connectivity index (χ2v) is 6.41. The zero-order chi connectivity index (χ0) is 16.9. The van der Waals surface area contributed by atoms with Crippen molar-refractivity contribution < 1.29 is 27.8 Å². The molecule has 3 nitrogen and oxygen atoms in total. The van der Waals surface area contributed by atoms with Crippen LogP contribution < -0.4 is 4.74 Å². The first kappa shape index (κ1) is 16.4. The molecule has 0 spiro atoms. The van der Waals surface area contributed by atoms with Crippen molar-refractivity contribution in [2.24, 2.45) is 0 Å². The number of aryl methyl sites for hydroxylation is 1. The summed E-state index contributed by atoms with van der Waals surface area (Å²) in [5.74, 6) is -1.55. The molecule has 1 aliphatic rings. The molecule has 0 aliphatic carbocycles. The predicted octanol–water partition coefficient (Wildman–Crippen LogP) is 4.08. The van der Waals surface area contributed by atoms with E-state index in [0.29, 0.717) is 11.1 Å². The van der Waals surface area contributed by atoms with E-state index < -0.39 is 23.8 Å². The molecule has 22 heavy (non-hydrogen) atoms. The van der Waals surface area contributed by atoms with Gasteiger partial charge in [-0.3, -0.25) is 0 Å². The molecule has 0 saturated carbocycles. The number of ether oxygens (including phenoxy) is 1. The number of carbonyl (C=O) groups is 1. The number of alkyl halides is 3. The number of halogens is 3. The lowest BCUT2D eigenvalue weighted by atomic mass is 9.84. The SMILES string of the molecule is Cc1cc(C(C)(C)C)cc2c1OC(C(F)(F)F)C(C(=O)O)=C2. The molecule has 2 rings (SSSR count). The number of carboxylic acid groups (broad SMARTS) is 1. The maximum absolute atomic E-state index is 13.0. The van der Waals surface area contributed by atoms with Crippen LogP contribution in [-0.4, -0.2) is 23.4 Å². The van der Waals surface area contributed by atoms with Gasteiger partial charge in [0.1, 0.15) is 5.75 Å². The van der Waals surface area contributed by atoms with Crippen LogP contribution in [0.1, 0.15) is 37.5 Å². The van der Waals surface area contributed by atoms with E-state index in [9.17, 15) is 18.0 Å². The van der Waals surface area contributed by atoms with Crippen LogP contribution in [0.25, 0.3) is 6.08 Å². The largest absolute Gasteiger partial charge is 0.478 e. The van der Waals surface area contributed by atoms with Gasteiger partial charge in [-0.05, 0) is 35.6 Å². The first-order chi connectivity index (χ1) is 9.91. The Morgan fingerprint density at radius 3 is 2.27 bits per heavy atom. The Balaban J connectivity index is 2.64. The molecule has 1 unspecified atom stereocenters. The molecular weight excluding hydrogens is 297 g/mol. The van der Waals surface area contributed by atoms with E-state index in [-0.39, 0.29) is 11.2 Å². The highest BCUT2D eigenvalue weighted by molar-refractivity contribution is 5.95. The Bertz CT molecular complexity index is 652. The minimum absolute atomic E-state index is 0.0836. The van der Waals surface area contributed by atoms with E-state index >= 15 is 0 Å². The fourth-order valence-corrected chi connectivity index (χ4v) is 2.34. The third-order valence-electron chi connectivity index (χ3n) is 3.54. The van der Waals surface area contributed by atoms with Crippen molar-refractivity contribution in [2.75, 3.05) is 0 Å². The summed E-state index contributed by atoms with van der Waals surface area (Å²) in [5, 5.41) is 9.05. The van der Waals surface area contributed by atoms with Gasteiger partial charge in [-0.2, -0.15) is 13.2 Å². The minimum atomic E-state index is -4.78. The summed E-state index contributed by atoms with van der Waals surface area (Å²) in [6, 6.07) is 3.45. The first-order valence-electron chi connectivity index (χ1n) is 6.74. The Morgan fingerprint density at radius 2 is 1.82 bits per heavy atom. The van der Waals surface area contributed by atoms with Crippen molar-refractivity contribution in [3.05, 3.63) is 34.4 Å². The van der Waals surface area contributed by atoms with Crippen LogP contribution in [-0.2, 0) is 10.2 Å². The third kappa shape index (κ3) is 2.96. The van der Waals surface area contributed by atoms with Gasteiger partial charge < -0.3 is 9.84 Å². The number of rotatable bonds is 1. The quantitative estimate of drug-likeness (QED) is 0.849. The number of hydrogen-bond acceptors (Lipinski definition) is 2. The first-order valence-corrected chi connectivity index (χ1v) is 6.74. The maximum atomic E-state index is 13.0. The molecule has 1 aromatic carbocycles. The molecule has 0 amide bonds. The molecule has 6 heteroatoms. The number of carboxylic acids is 1. The Labute approximate surface area is 126 Å². The van der Waals surface area contributed by atoms with Crippen molar-refractivity contribution >= 4 is 12.0 Å². The predicted molar refractivity (Wildman–Crippen MR) is 76.0 cm³/mol. The zero-order valence-electron chi connectivity index (χ0n) is 12.7. The smallest absolute Gasteiger partial charge is 0.430 e. The number of fused-ring (bicyclic) bond motifs is 1. The number of benzene rings is 1. The Morgan fingerprint density at radius 1 is 1.23 bits per heavy atom. The number of aliphatic carboxylic acids is 1. The van der Waals surface area contributed by atoms with Gasteiger partial charge in [-0.15, -0.1) is 0 Å². The third-order valence-corrected chi connectivity index (χ3v) is 3.54. The molecule has 0 aromatic heterocycles. The summed E-state index contributed by atoms with van der Waals surface area (Å²) in [4.78, 5) is 11.1. The molecule has 120 valence electrons. The average Bonchev–Trinajstić information content (AvgIpc) is 2.34. The topological polar surface area (TPSA) is 46.5 Å². The molecule has 0 saturated heterocycles. The van der Waals surface area contributed by atoms with E-state index in [1.54, 1.807) is 19.1 Å². The van der Waals surface area contributed by atoms with Crippen LogP contribution in [0.5, 0.6) is 5.75 Å². The van der Waals surface area contributed by atoms with Crippen molar-refractivity contribution in [1.82, 2.24) is 0 Å². The van der Waals surface area contributed by atoms with Gasteiger partial charge in [0.15, 0.2) is 0 Å². The van der Waals surface area contributed by atoms with Gasteiger partial charge in [0.2, 0.25) is 6.10 Å². The number of hydrogen-bond donors (Lipinski definition) is 1. The van der Waals surface area contributed by atoms with E-state index in [4.69, 9.17) is 9.84 Å². The van der Waals surface area contributed by atoms with E-state index in [1.807, 2.05) is 20.8 Å². The van der Waals surface area contributed by atoms with Crippen molar-refractivity contribution in [3.8, 4) is 5.75 Å². The van der Waals surface area contributed by atoms with Gasteiger partial charge in [-0.1, -0.05) is 26.8 Å². The van der Waals surface area contributed by atoms with E-state index in [0.717, 1.165) is 11.6 Å². The molecular formula is C16H17F3O3. The average molecular weight is 314 g/mol. The van der Waals surface area contributed by atoms with Crippen molar-refractivity contribution in [3.63, 3.8) is 0 Å². The Kier molecular flexibility index (Phi) is 3.75. The zero-order valence-corrected chi connectivity index (χ0v) is 12.7. The van der Waals surface area contributed by atoms with Gasteiger partial charge in [0.25, 0.3) is 0 Å². The van der Waals surface area contributed by atoms with E-state index in [2.05, 4.69) is 0 Å². The van der Waals surface area contributed by atoms with Crippen LogP contribution in [0.15, 0.2) is 17.7 Å². The molecule has 1 N–H and O–H groups in total. The molecule has 1 aliphatic heterocycles. The highest BCUT2D eigenvalue weighted by Gasteiger charge is 2.48. The van der Waals surface area contributed by atoms with Crippen molar-refractivity contribution in [2.45, 2.75) is 45.4 Å². The lowest BCUT2D eigenvalue weighted by Crippen LogP contribution is -2.40. The molecule has 1 heterocycles. The molecule has 0 fully saturated rings. The lowest BCUT2D eigenvalue weighted by molar-refractivity contribution is -0.187. The van der Waals surface area contributed by atoms with Crippen LogP contribution >= 0.6 is 0 Å². The van der Waals surface area contributed by atoms with Crippen LogP contribution in [0.2, 0.25) is 0 Å². The normalized spacial score (nSPS) is 18.3. The summed E-state index contributed by atoms with van der Waals surface area (Å²) in [5.41, 5.74) is 0.808. The molecule has 0 radical (unpaired) electrons. The highest BCUT2D eigenvalue weighted by atomic mass is 19.4. The van der Waals surface area contributed by atoms with Gasteiger partial charge in [-0.25, -0.2) is 4.79 Å². The second-order valence-electron chi connectivity index (χ2n) is 6.41. The molecule has 1 aromatic rings. The minimum Gasteiger partial charge on any atom is -0.478 e. The summed E-state index contributed by atoms with van der Waals surface area (Å²) in [6.45, 7) is 7.57. The lowest BCUT2D eigenvalue weighted by Gasteiger charge is -2.30. The van der Waals surface area contributed by atoms with E-state index in [1.165, 1.54) is 0 Å². The fraction of sp³-hybridized carbons (Fsp3) is 0.438. The molecule has 0 bridgehead atoms. The standard InChI is InChI=1S/C16H17F3O3/c1-8-5-10(15(2,3)4)6-9-7-11(14(20)21)13(16(17,18)19)22-12(8)9/h5-7,13H,1-4H3,(H,20,21). The van der Waals surface area contributed by atoms with Crippen LogP contribution in [0.3, 0.4) is 0 Å². The van der Waals surface area contributed by atoms with Crippen molar-refractivity contribution in [1.29, 1.82) is 0 Å². The maximum Gasteiger partial charge on any atom is 0.430 e. The monoisotopic (exact) mass is 314 g/mol. The summed E-state index contributed by atoms with van der Waals surface area (Å²) in [6.07, 6.45) is -6.17. The summed E-state index contributed by atoms with van der Waals surface area (Å²) < 4.78 is 44.0. The highest BCUT2D eigenvalue weighted by Crippen LogP contribution is 2.40. The van der Waals surface area contributed by atoms with Gasteiger partial charge in [0, 0.05) is 5.56 Å². The second kappa shape index (κ2) is 5.04. The van der Waals surface area contributed by atoms with Crippen LogP contribution in [0, 0.1) is 6.92 Å². The summed E-state index contributed by atoms with van der Waals surface area (Å²) >= 11 is 0. The summed E-state index contributed by atoms with van der Waals surface area (Å²) in [7, 11) is 0. The van der Waals surface area contributed by atoms with Gasteiger partial charge in [0.05, 0.1) is 5.57 Å². The molecule has 1 atom stereocenters. The Hall–Kier alpha value is -1.98. The fourth-order valence-electron chi connectivity index (χ4n) is 2.34. The van der Waals surface area contributed by atoms with Gasteiger partial charge >= 0.3 is 12.1 Å². The van der Waals surface area contributed by atoms with Crippen LogP contribution in [0.4, 0.5) is 13.2 Å².